The maximum atomic E-state index is 11.1. The van der Waals surface area contributed by atoms with Gasteiger partial charge in [0.2, 0.25) is 11.9 Å². The molecule has 2 aromatic carbocycles. The highest BCUT2D eigenvalue weighted by molar-refractivity contribution is 5.88. The predicted octanol–water partition coefficient (Wildman–Crippen LogP) is 4.25. The number of carbonyl (C=O) groups excluding carboxylic acids is 1. The molecule has 0 fully saturated rings. The van der Waals surface area contributed by atoms with Crippen molar-refractivity contribution in [1.82, 2.24) is 9.97 Å². The number of anilines is 5. The molecule has 0 saturated heterocycles. The number of amides is 1. The lowest BCUT2D eigenvalue weighted by Crippen LogP contribution is -2.06. The molecule has 3 N–H and O–H groups in total. The number of nitrogens with zero attached hydrogens (tertiary/aromatic N) is 2. The fourth-order valence-corrected chi connectivity index (χ4v) is 2.72. The van der Waals surface area contributed by atoms with Gasteiger partial charge in [-0.2, -0.15) is 4.98 Å². The summed E-state index contributed by atoms with van der Waals surface area (Å²) >= 11 is 0. The summed E-state index contributed by atoms with van der Waals surface area (Å²) in [5, 5.41) is 9.16. The monoisotopic (exact) mass is 393 g/mol. The number of nitrogens with one attached hydrogen (secondary N) is 3. The number of rotatable bonds is 7. The summed E-state index contributed by atoms with van der Waals surface area (Å²) in [6.07, 6.45) is 0. The first-order valence-corrected chi connectivity index (χ1v) is 8.96. The van der Waals surface area contributed by atoms with Gasteiger partial charge in [0.25, 0.3) is 0 Å². The van der Waals surface area contributed by atoms with Gasteiger partial charge in [0.15, 0.2) is 11.5 Å². The van der Waals surface area contributed by atoms with Gasteiger partial charge in [-0.05, 0) is 43.3 Å². The second-order valence-electron chi connectivity index (χ2n) is 6.30. The Morgan fingerprint density at radius 1 is 0.828 bits per heavy atom. The van der Waals surface area contributed by atoms with Crippen LogP contribution in [0.4, 0.5) is 28.8 Å². The summed E-state index contributed by atoms with van der Waals surface area (Å²) in [7, 11) is 3.19. The van der Waals surface area contributed by atoms with Gasteiger partial charge < -0.3 is 25.4 Å². The molecular formula is C21H23N5O3. The number of aryl methyl sites for hydroxylation is 1. The van der Waals surface area contributed by atoms with Crippen LogP contribution < -0.4 is 25.4 Å². The van der Waals surface area contributed by atoms with E-state index in [4.69, 9.17) is 9.47 Å². The standard InChI is InChI=1S/C21H23N5O3/c1-13-11-20(24-17-9-10-18(28-3)19(12-17)29-4)26-21(22-13)25-16-7-5-15(6-8-16)23-14(2)27/h5-12H,1-4H3,(H,23,27)(H2,22,24,25,26). The maximum absolute atomic E-state index is 11.1. The van der Waals surface area contributed by atoms with E-state index in [-0.39, 0.29) is 5.91 Å². The Bertz CT molecular complexity index is 1010. The Morgan fingerprint density at radius 2 is 1.48 bits per heavy atom. The van der Waals surface area contributed by atoms with Crippen LogP contribution in [-0.4, -0.2) is 30.1 Å². The lowest BCUT2D eigenvalue weighted by molar-refractivity contribution is -0.114. The number of aromatic nitrogens is 2. The largest absolute Gasteiger partial charge is 0.493 e. The molecule has 1 amide bonds. The number of carbonyl (C=O) groups is 1. The fraction of sp³-hybridized carbons (Fsp3) is 0.190. The molecule has 0 aliphatic heterocycles. The van der Waals surface area contributed by atoms with Crippen LogP contribution in [0.15, 0.2) is 48.5 Å². The number of hydrogen-bond donors (Lipinski definition) is 3. The quantitative estimate of drug-likeness (QED) is 0.552. The van der Waals surface area contributed by atoms with E-state index in [9.17, 15) is 4.79 Å². The van der Waals surface area contributed by atoms with Gasteiger partial charge in [0, 0.05) is 41.8 Å². The van der Waals surface area contributed by atoms with Gasteiger partial charge in [-0.1, -0.05) is 0 Å². The van der Waals surface area contributed by atoms with Crippen molar-refractivity contribution in [2.24, 2.45) is 0 Å². The highest BCUT2D eigenvalue weighted by Gasteiger charge is 2.07. The number of ether oxygens (including phenoxy) is 2. The van der Waals surface area contributed by atoms with Crippen molar-refractivity contribution in [2.75, 3.05) is 30.2 Å². The van der Waals surface area contributed by atoms with Crippen LogP contribution in [0.2, 0.25) is 0 Å². The summed E-state index contributed by atoms with van der Waals surface area (Å²) in [5.74, 6) is 2.27. The second-order valence-corrected chi connectivity index (χ2v) is 6.30. The molecule has 1 heterocycles. The Kier molecular flexibility index (Phi) is 6.13. The van der Waals surface area contributed by atoms with Crippen LogP contribution in [0.1, 0.15) is 12.6 Å². The maximum Gasteiger partial charge on any atom is 0.229 e. The zero-order valence-corrected chi connectivity index (χ0v) is 16.7. The van der Waals surface area contributed by atoms with Crippen LogP contribution in [0, 0.1) is 6.92 Å². The van der Waals surface area contributed by atoms with Crippen molar-refractivity contribution in [3.8, 4) is 11.5 Å². The molecule has 3 rings (SSSR count). The van der Waals surface area contributed by atoms with E-state index >= 15 is 0 Å². The molecule has 0 atom stereocenters. The van der Waals surface area contributed by atoms with E-state index < -0.39 is 0 Å². The van der Waals surface area contributed by atoms with E-state index in [1.54, 1.807) is 14.2 Å². The van der Waals surface area contributed by atoms with Gasteiger partial charge in [-0.25, -0.2) is 4.98 Å². The van der Waals surface area contributed by atoms with Gasteiger partial charge >= 0.3 is 0 Å². The molecule has 0 spiro atoms. The number of methoxy groups -OCH3 is 2. The SMILES string of the molecule is COc1ccc(Nc2cc(C)nc(Nc3ccc(NC(C)=O)cc3)n2)cc1OC. The average Bonchev–Trinajstić information content (AvgIpc) is 2.68. The van der Waals surface area contributed by atoms with Crippen molar-refractivity contribution >= 4 is 34.7 Å². The normalized spacial score (nSPS) is 10.2. The first kappa shape index (κ1) is 19.9. The summed E-state index contributed by atoms with van der Waals surface area (Å²) in [4.78, 5) is 20.1. The Morgan fingerprint density at radius 3 is 2.14 bits per heavy atom. The van der Waals surface area contributed by atoms with Crippen LogP contribution in [0.3, 0.4) is 0 Å². The fourth-order valence-electron chi connectivity index (χ4n) is 2.72. The predicted molar refractivity (Wildman–Crippen MR) is 114 cm³/mol. The molecule has 29 heavy (non-hydrogen) atoms. The summed E-state index contributed by atoms with van der Waals surface area (Å²) in [6, 6.07) is 14.7. The van der Waals surface area contributed by atoms with Gasteiger partial charge in [0.1, 0.15) is 5.82 Å². The van der Waals surface area contributed by atoms with Crippen LogP contribution in [-0.2, 0) is 4.79 Å². The van der Waals surface area contributed by atoms with Gasteiger partial charge in [-0.3, -0.25) is 4.79 Å². The highest BCUT2D eigenvalue weighted by Crippen LogP contribution is 2.31. The highest BCUT2D eigenvalue weighted by atomic mass is 16.5. The zero-order chi connectivity index (χ0) is 20.8. The Hall–Kier alpha value is -3.81. The topological polar surface area (TPSA) is 97.4 Å². The summed E-state index contributed by atoms with van der Waals surface area (Å²) in [5.41, 5.74) is 3.15. The van der Waals surface area contributed by atoms with Crippen molar-refractivity contribution in [2.45, 2.75) is 13.8 Å². The lowest BCUT2D eigenvalue weighted by atomic mass is 10.2. The molecule has 150 valence electrons. The van der Waals surface area contributed by atoms with Gasteiger partial charge in [-0.15, -0.1) is 0 Å². The van der Waals surface area contributed by atoms with Crippen LogP contribution >= 0.6 is 0 Å². The Labute approximate surface area is 169 Å². The number of hydrogen-bond acceptors (Lipinski definition) is 7. The minimum absolute atomic E-state index is 0.112. The number of benzene rings is 2. The van der Waals surface area contributed by atoms with E-state index in [0.717, 1.165) is 22.8 Å². The molecule has 0 saturated carbocycles. The minimum Gasteiger partial charge on any atom is -0.493 e. The van der Waals surface area contributed by atoms with Gasteiger partial charge in [0.05, 0.1) is 14.2 Å². The molecule has 0 unspecified atom stereocenters. The molecule has 8 heteroatoms. The summed E-state index contributed by atoms with van der Waals surface area (Å²) < 4.78 is 10.6. The zero-order valence-electron chi connectivity index (χ0n) is 16.7. The molecule has 3 aromatic rings. The third-order valence-electron chi connectivity index (χ3n) is 3.97. The van der Waals surface area contributed by atoms with E-state index in [1.807, 2.05) is 55.5 Å². The average molecular weight is 393 g/mol. The second kappa shape index (κ2) is 8.92. The molecule has 8 nitrogen and oxygen atoms in total. The van der Waals surface area contributed by atoms with Crippen molar-refractivity contribution in [3.63, 3.8) is 0 Å². The van der Waals surface area contributed by atoms with E-state index in [1.165, 1.54) is 6.92 Å². The first-order valence-electron chi connectivity index (χ1n) is 8.96. The Balaban J connectivity index is 1.77. The van der Waals surface area contributed by atoms with Crippen LogP contribution in [0.5, 0.6) is 11.5 Å². The molecular weight excluding hydrogens is 370 g/mol. The summed E-state index contributed by atoms with van der Waals surface area (Å²) in [6.45, 7) is 3.37. The van der Waals surface area contributed by atoms with Crippen molar-refractivity contribution < 1.29 is 14.3 Å². The molecule has 0 radical (unpaired) electrons. The third-order valence-corrected chi connectivity index (χ3v) is 3.97. The third kappa shape index (κ3) is 5.35. The van der Waals surface area contributed by atoms with Crippen molar-refractivity contribution in [1.29, 1.82) is 0 Å². The first-order chi connectivity index (χ1) is 14.0. The van der Waals surface area contributed by atoms with E-state index in [0.29, 0.717) is 23.3 Å². The molecule has 0 aliphatic carbocycles. The van der Waals surface area contributed by atoms with Crippen molar-refractivity contribution in [3.05, 3.63) is 54.2 Å². The molecule has 0 aliphatic rings. The van der Waals surface area contributed by atoms with Crippen LogP contribution in [0.25, 0.3) is 0 Å². The molecule has 1 aromatic heterocycles. The smallest absolute Gasteiger partial charge is 0.229 e. The van der Waals surface area contributed by atoms with E-state index in [2.05, 4.69) is 25.9 Å². The lowest BCUT2D eigenvalue weighted by Gasteiger charge is -2.12. The minimum atomic E-state index is -0.112. The molecule has 0 bridgehead atoms.